The molecule has 8 nitrogen and oxygen atoms in total. The summed E-state index contributed by atoms with van der Waals surface area (Å²) < 4.78 is 28.4. The lowest BCUT2D eigenvalue weighted by Crippen LogP contribution is -2.33. The number of para-hydroxylation sites is 2. The van der Waals surface area contributed by atoms with Crippen LogP contribution in [0.4, 0.5) is 17.1 Å². The van der Waals surface area contributed by atoms with Gasteiger partial charge in [-0.2, -0.15) is 5.10 Å². The van der Waals surface area contributed by atoms with E-state index in [9.17, 15) is 18.0 Å². The van der Waals surface area contributed by atoms with Crippen molar-refractivity contribution in [3.8, 4) is 0 Å². The summed E-state index contributed by atoms with van der Waals surface area (Å²) in [6, 6.07) is 20.1. The van der Waals surface area contributed by atoms with E-state index in [0.29, 0.717) is 11.4 Å². The van der Waals surface area contributed by atoms with E-state index in [1.165, 1.54) is 31.2 Å². The van der Waals surface area contributed by atoms with E-state index in [1.807, 2.05) is 62.4 Å². The van der Waals surface area contributed by atoms with Crippen LogP contribution in [-0.4, -0.2) is 31.9 Å². The number of benzene rings is 3. The quantitative estimate of drug-likeness (QED) is 0.514. The van der Waals surface area contributed by atoms with Gasteiger partial charge in [0.15, 0.2) is 5.78 Å². The van der Waals surface area contributed by atoms with E-state index in [1.54, 1.807) is 5.01 Å². The van der Waals surface area contributed by atoms with Crippen LogP contribution in [0.5, 0.6) is 0 Å². The van der Waals surface area contributed by atoms with Crippen LogP contribution < -0.4 is 15.0 Å². The summed E-state index contributed by atoms with van der Waals surface area (Å²) in [6.07, 6.45) is 0.183. The van der Waals surface area contributed by atoms with Crippen molar-refractivity contribution < 1.29 is 18.0 Å². The fourth-order valence-corrected chi connectivity index (χ4v) is 5.07. The molecule has 0 aromatic heterocycles. The molecule has 0 fully saturated rings. The van der Waals surface area contributed by atoms with E-state index in [4.69, 9.17) is 0 Å². The van der Waals surface area contributed by atoms with Crippen LogP contribution in [0, 0.1) is 13.8 Å². The van der Waals surface area contributed by atoms with Crippen LogP contribution in [0.3, 0.4) is 0 Å². The molecule has 1 aliphatic rings. The Bertz CT molecular complexity index is 1380. The normalized spacial score (nSPS) is 15.5. The zero-order chi connectivity index (χ0) is 25.2. The Morgan fingerprint density at radius 1 is 0.914 bits per heavy atom. The van der Waals surface area contributed by atoms with Crippen molar-refractivity contribution in [2.45, 2.75) is 38.1 Å². The first-order valence-electron chi connectivity index (χ1n) is 11.1. The number of anilines is 3. The summed E-state index contributed by atoms with van der Waals surface area (Å²) in [5, 5.41) is 8.69. The molecule has 2 N–H and O–H groups in total. The Balaban J connectivity index is 1.49. The third kappa shape index (κ3) is 5.25. The topological polar surface area (TPSA) is 108 Å². The predicted molar refractivity (Wildman–Crippen MR) is 137 cm³/mol. The average molecular weight is 491 g/mol. The Hall–Kier alpha value is -3.98. The first kappa shape index (κ1) is 24.2. The first-order valence-corrected chi connectivity index (χ1v) is 12.6. The van der Waals surface area contributed by atoms with Crippen molar-refractivity contribution in [1.29, 1.82) is 0 Å². The van der Waals surface area contributed by atoms with Crippen molar-refractivity contribution in [3.63, 3.8) is 0 Å². The first-order chi connectivity index (χ1) is 16.7. The predicted octanol–water partition coefficient (Wildman–Crippen LogP) is 4.27. The highest BCUT2D eigenvalue weighted by atomic mass is 32.2. The number of sulfonamides is 1. The smallest absolute Gasteiger partial charge is 0.271 e. The maximum absolute atomic E-state index is 12.9. The Kier molecular flexibility index (Phi) is 6.70. The number of nitrogens with one attached hydrogen (secondary N) is 2. The van der Waals surface area contributed by atoms with E-state index in [0.717, 1.165) is 16.8 Å². The Labute approximate surface area is 204 Å². The minimum absolute atomic E-state index is 0.0725. The number of amides is 1. The number of carbonyl (C=O) groups excluding carboxylic acids is 2. The standard InChI is InChI=1S/C26H26N4O4S/c1-17-8-7-9-18(2)25(17)29-35(33,34)22-14-12-20(13-15-22)27-26(32)23-16-24(19(3)31)30(28-23)21-10-5-4-6-11-21/h4-15,24,29H,16H2,1-3H3,(H,27,32). The third-order valence-corrected chi connectivity index (χ3v) is 7.17. The lowest BCUT2D eigenvalue weighted by molar-refractivity contribution is -0.118. The zero-order valence-corrected chi connectivity index (χ0v) is 20.5. The molecule has 0 spiro atoms. The number of ketones is 1. The summed E-state index contributed by atoms with van der Waals surface area (Å²) in [7, 11) is -3.80. The molecule has 1 aliphatic heterocycles. The summed E-state index contributed by atoms with van der Waals surface area (Å²) >= 11 is 0. The molecule has 9 heteroatoms. The van der Waals surface area contributed by atoms with Gasteiger partial charge in [-0.1, -0.05) is 36.4 Å². The fourth-order valence-electron chi connectivity index (χ4n) is 3.87. The average Bonchev–Trinajstić information content (AvgIpc) is 3.29. The highest BCUT2D eigenvalue weighted by Crippen LogP contribution is 2.26. The SMILES string of the molecule is CC(=O)C1CC(C(=O)Nc2ccc(S(=O)(=O)Nc3c(C)cccc3C)cc2)=NN1c1ccccc1. The van der Waals surface area contributed by atoms with Gasteiger partial charge in [0, 0.05) is 12.1 Å². The van der Waals surface area contributed by atoms with E-state index < -0.39 is 22.0 Å². The molecular weight excluding hydrogens is 464 g/mol. The van der Waals surface area contributed by atoms with Gasteiger partial charge in [0.2, 0.25) is 0 Å². The number of hydrazone groups is 1. The fraction of sp³-hybridized carbons (Fsp3) is 0.192. The summed E-state index contributed by atoms with van der Waals surface area (Å²) in [5.41, 5.74) is 3.56. The van der Waals surface area contributed by atoms with Crippen molar-refractivity contribution in [3.05, 3.63) is 83.9 Å². The van der Waals surface area contributed by atoms with Crippen LogP contribution in [0.15, 0.2) is 82.8 Å². The lowest BCUT2D eigenvalue weighted by Gasteiger charge is -2.20. The van der Waals surface area contributed by atoms with Gasteiger partial charge in [0.25, 0.3) is 15.9 Å². The second-order valence-electron chi connectivity index (χ2n) is 8.41. The molecular formula is C26H26N4O4S. The highest BCUT2D eigenvalue weighted by Gasteiger charge is 2.34. The number of hydrogen-bond donors (Lipinski definition) is 2. The summed E-state index contributed by atoms with van der Waals surface area (Å²) in [5.74, 6) is -0.537. The van der Waals surface area contributed by atoms with Gasteiger partial charge >= 0.3 is 0 Å². The van der Waals surface area contributed by atoms with Gasteiger partial charge in [-0.05, 0) is 68.3 Å². The second kappa shape index (κ2) is 9.71. The molecule has 1 unspecified atom stereocenters. The monoisotopic (exact) mass is 490 g/mol. The zero-order valence-electron chi connectivity index (χ0n) is 19.6. The van der Waals surface area contributed by atoms with Crippen LogP contribution >= 0.6 is 0 Å². The number of rotatable bonds is 7. The van der Waals surface area contributed by atoms with Crippen molar-refractivity contribution in [1.82, 2.24) is 0 Å². The van der Waals surface area contributed by atoms with Crippen LogP contribution in [0.1, 0.15) is 24.5 Å². The molecule has 35 heavy (non-hydrogen) atoms. The minimum atomic E-state index is -3.80. The van der Waals surface area contributed by atoms with Crippen LogP contribution in [0.25, 0.3) is 0 Å². The van der Waals surface area contributed by atoms with E-state index in [2.05, 4.69) is 15.1 Å². The Morgan fingerprint density at radius 2 is 1.54 bits per heavy atom. The highest BCUT2D eigenvalue weighted by molar-refractivity contribution is 7.92. The van der Waals surface area contributed by atoms with Gasteiger partial charge in [0.05, 0.1) is 16.3 Å². The number of aryl methyl sites for hydroxylation is 2. The molecule has 1 atom stereocenters. The number of hydrogen-bond acceptors (Lipinski definition) is 6. The molecule has 0 bridgehead atoms. The maximum Gasteiger partial charge on any atom is 0.271 e. The number of nitrogens with zero attached hydrogens (tertiary/aromatic N) is 2. The van der Waals surface area contributed by atoms with Gasteiger partial charge in [-0.25, -0.2) is 8.42 Å². The molecule has 0 saturated carbocycles. The van der Waals surface area contributed by atoms with Crippen molar-refractivity contribution in [2.75, 3.05) is 15.0 Å². The second-order valence-corrected chi connectivity index (χ2v) is 10.1. The van der Waals surface area contributed by atoms with Crippen LogP contribution in [0.2, 0.25) is 0 Å². The molecule has 1 amide bonds. The third-order valence-electron chi connectivity index (χ3n) is 5.80. The maximum atomic E-state index is 12.9. The molecule has 3 aromatic carbocycles. The molecule has 180 valence electrons. The van der Waals surface area contributed by atoms with Gasteiger partial charge in [-0.15, -0.1) is 0 Å². The Morgan fingerprint density at radius 3 is 2.14 bits per heavy atom. The van der Waals surface area contributed by atoms with Gasteiger partial charge in [0.1, 0.15) is 11.8 Å². The lowest BCUT2D eigenvalue weighted by atomic mass is 10.1. The largest absolute Gasteiger partial charge is 0.321 e. The van der Waals surface area contributed by atoms with E-state index >= 15 is 0 Å². The van der Waals surface area contributed by atoms with Crippen LogP contribution in [-0.2, 0) is 19.6 Å². The molecule has 1 heterocycles. The number of carbonyl (C=O) groups is 2. The molecule has 0 saturated heterocycles. The molecule has 0 radical (unpaired) electrons. The van der Waals surface area contributed by atoms with E-state index in [-0.39, 0.29) is 22.8 Å². The van der Waals surface area contributed by atoms with Gasteiger partial charge in [-0.3, -0.25) is 19.3 Å². The summed E-state index contributed by atoms with van der Waals surface area (Å²) in [4.78, 5) is 25.1. The minimum Gasteiger partial charge on any atom is -0.321 e. The van der Waals surface area contributed by atoms with Gasteiger partial charge < -0.3 is 5.32 Å². The molecule has 3 aromatic rings. The van der Waals surface area contributed by atoms with Crippen molar-refractivity contribution in [2.24, 2.45) is 5.10 Å². The molecule has 4 rings (SSSR count). The number of Topliss-reactive ketones (excluding diaryl/α,β-unsaturated/α-hetero) is 1. The molecule has 0 aliphatic carbocycles. The van der Waals surface area contributed by atoms with Crippen molar-refractivity contribution >= 4 is 44.5 Å². The summed E-state index contributed by atoms with van der Waals surface area (Å²) in [6.45, 7) is 5.15.